The van der Waals surface area contributed by atoms with Crippen LogP contribution in [0.15, 0.2) is 48.5 Å². The highest BCUT2D eigenvalue weighted by atomic mass is 19.4. The van der Waals surface area contributed by atoms with Crippen LogP contribution < -0.4 is 0 Å². The van der Waals surface area contributed by atoms with Crippen molar-refractivity contribution in [3.63, 3.8) is 0 Å². The van der Waals surface area contributed by atoms with Gasteiger partial charge in [-0.2, -0.15) is 26.3 Å². The first kappa shape index (κ1) is 16.1. The van der Waals surface area contributed by atoms with Gasteiger partial charge in [0.05, 0.1) is 11.1 Å². The lowest BCUT2D eigenvalue weighted by atomic mass is 10.0. The van der Waals surface area contributed by atoms with Crippen LogP contribution in [0.4, 0.5) is 26.3 Å². The summed E-state index contributed by atoms with van der Waals surface area (Å²) in [5.41, 5.74) is -2.16. The van der Waals surface area contributed by atoms with E-state index in [1.54, 1.807) is 0 Å². The van der Waals surface area contributed by atoms with Gasteiger partial charge in [0, 0.05) is 0 Å². The summed E-state index contributed by atoms with van der Waals surface area (Å²) in [7, 11) is 0. The Morgan fingerprint density at radius 2 is 0.864 bits per heavy atom. The van der Waals surface area contributed by atoms with E-state index < -0.39 is 23.5 Å². The lowest BCUT2D eigenvalue weighted by Gasteiger charge is -2.11. The second kappa shape index (κ2) is 5.87. The second-order valence-electron chi connectivity index (χ2n) is 4.50. The molecule has 0 aliphatic heterocycles. The Labute approximate surface area is 122 Å². The highest BCUT2D eigenvalue weighted by Gasteiger charge is 2.33. The van der Waals surface area contributed by atoms with Crippen LogP contribution in [0.25, 0.3) is 12.2 Å². The number of hydrogen-bond donors (Lipinski definition) is 0. The average Bonchev–Trinajstić information content (AvgIpc) is 2.44. The van der Waals surface area contributed by atoms with E-state index in [9.17, 15) is 26.3 Å². The summed E-state index contributed by atoms with van der Waals surface area (Å²) in [6.07, 6.45) is -7.06. The number of rotatable bonds is 2. The minimum atomic E-state index is -4.57. The molecule has 0 aromatic heterocycles. The molecule has 116 valence electrons. The Kier molecular flexibility index (Phi) is 4.30. The molecule has 0 atom stereocenters. The van der Waals surface area contributed by atoms with Crippen LogP contribution in [0.1, 0.15) is 22.3 Å². The molecular formula is C16H10F6. The van der Waals surface area contributed by atoms with Gasteiger partial charge in [-0.15, -0.1) is 0 Å². The van der Waals surface area contributed by atoms with Crippen LogP contribution in [0.2, 0.25) is 0 Å². The molecule has 0 N–H and O–H groups in total. The van der Waals surface area contributed by atoms with E-state index in [1.807, 2.05) is 0 Å². The molecule has 0 aliphatic carbocycles. The van der Waals surface area contributed by atoms with Crippen LogP contribution in [0.5, 0.6) is 0 Å². The Hall–Kier alpha value is -2.24. The standard InChI is InChI=1S/C16H10F6/c17-15(18,19)13-7-3-1-5-11(13)9-10-12-6-2-4-8-14(12)16(20,21)22/h1-10H/b10-9+. The summed E-state index contributed by atoms with van der Waals surface area (Å²) in [5.74, 6) is 0. The van der Waals surface area contributed by atoms with Crippen LogP contribution >= 0.6 is 0 Å². The summed E-state index contributed by atoms with van der Waals surface area (Å²) in [6, 6.07) is 9.42. The number of hydrogen-bond acceptors (Lipinski definition) is 0. The van der Waals surface area contributed by atoms with Crippen molar-refractivity contribution in [2.75, 3.05) is 0 Å². The topological polar surface area (TPSA) is 0 Å². The van der Waals surface area contributed by atoms with Gasteiger partial charge in [-0.1, -0.05) is 48.6 Å². The minimum Gasteiger partial charge on any atom is -0.166 e. The lowest BCUT2D eigenvalue weighted by Crippen LogP contribution is -2.07. The molecule has 0 amide bonds. The lowest BCUT2D eigenvalue weighted by molar-refractivity contribution is -0.138. The predicted molar refractivity (Wildman–Crippen MR) is 71.8 cm³/mol. The van der Waals surface area contributed by atoms with Crippen molar-refractivity contribution < 1.29 is 26.3 Å². The first-order chi connectivity index (χ1) is 10.2. The maximum atomic E-state index is 12.8. The molecule has 0 heterocycles. The van der Waals surface area contributed by atoms with Crippen molar-refractivity contribution in [3.05, 3.63) is 70.8 Å². The SMILES string of the molecule is FC(F)(F)c1ccccc1/C=C/c1ccccc1C(F)(F)F. The maximum absolute atomic E-state index is 12.8. The molecule has 22 heavy (non-hydrogen) atoms. The fourth-order valence-corrected chi connectivity index (χ4v) is 1.98. The van der Waals surface area contributed by atoms with Gasteiger partial charge in [0.2, 0.25) is 0 Å². The van der Waals surface area contributed by atoms with Crippen molar-refractivity contribution in [2.24, 2.45) is 0 Å². The average molecular weight is 316 g/mol. The molecule has 2 rings (SSSR count). The zero-order valence-corrected chi connectivity index (χ0v) is 11.0. The molecule has 0 aliphatic rings. The normalized spacial score (nSPS) is 12.8. The Balaban J connectivity index is 2.43. The largest absolute Gasteiger partial charge is 0.416 e. The molecule has 0 saturated carbocycles. The van der Waals surface area contributed by atoms with Crippen molar-refractivity contribution >= 4 is 12.2 Å². The third-order valence-corrected chi connectivity index (χ3v) is 2.97. The maximum Gasteiger partial charge on any atom is 0.416 e. The third kappa shape index (κ3) is 3.69. The molecule has 0 saturated heterocycles. The molecule has 6 heteroatoms. The van der Waals surface area contributed by atoms with Crippen molar-refractivity contribution in [3.8, 4) is 0 Å². The van der Waals surface area contributed by atoms with E-state index in [0.717, 1.165) is 24.3 Å². The van der Waals surface area contributed by atoms with E-state index in [-0.39, 0.29) is 11.1 Å². The highest BCUT2D eigenvalue weighted by molar-refractivity contribution is 5.73. The van der Waals surface area contributed by atoms with Gasteiger partial charge in [0.1, 0.15) is 0 Å². The third-order valence-electron chi connectivity index (χ3n) is 2.97. The second-order valence-corrected chi connectivity index (χ2v) is 4.50. The van der Waals surface area contributed by atoms with Gasteiger partial charge >= 0.3 is 12.4 Å². The Bertz CT molecular complexity index is 620. The molecule has 0 nitrogen and oxygen atoms in total. The van der Waals surface area contributed by atoms with Crippen molar-refractivity contribution in [1.82, 2.24) is 0 Å². The fraction of sp³-hybridized carbons (Fsp3) is 0.125. The summed E-state index contributed by atoms with van der Waals surface area (Å²) in [6.45, 7) is 0. The van der Waals surface area contributed by atoms with E-state index in [2.05, 4.69) is 0 Å². The van der Waals surface area contributed by atoms with Gasteiger partial charge in [0.15, 0.2) is 0 Å². The van der Waals surface area contributed by atoms with Gasteiger partial charge in [-0.05, 0) is 23.3 Å². The zero-order valence-electron chi connectivity index (χ0n) is 11.0. The summed E-state index contributed by atoms with van der Waals surface area (Å²) in [5, 5.41) is 0. The molecular weight excluding hydrogens is 306 g/mol. The molecule has 0 radical (unpaired) electrons. The van der Waals surface area contributed by atoms with Gasteiger partial charge in [-0.25, -0.2) is 0 Å². The monoisotopic (exact) mass is 316 g/mol. The van der Waals surface area contributed by atoms with Crippen molar-refractivity contribution in [1.29, 1.82) is 0 Å². The first-order valence-corrected chi connectivity index (χ1v) is 6.20. The summed E-state index contributed by atoms with van der Waals surface area (Å²) in [4.78, 5) is 0. The number of halogens is 6. The van der Waals surface area contributed by atoms with Gasteiger partial charge in [0.25, 0.3) is 0 Å². The highest BCUT2D eigenvalue weighted by Crippen LogP contribution is 2.34. The summed E-state index contributed by atoms with van der Waals surface area (Å²) >= 11 is 0. The van der Waals surface area contributed by atoms with Gasteiger partial charge in [-0.3, -0.25) is 0 Å². The fourth-order valence-electron chi connectivity index (χ4n) is 1.98. The van der Waals surface area contributed by atoms with E-state index >= 15 is 0 Å². The summed E-state index contributed by atoms with van der Waals surface area (Å²) < 4.78 is 77.0. The minimum absolute atomic E-state index is 0.188. The van der Waals surface area contributed by atoms with E-state index in [1.165, 1.54) is 36.4 Å². The molecule has 0 spiro atoms. The van der Waals surface area contributed by atoms with Crippen molar-refractivity contribution in [2.45, 2.75) is 12.4 Å². The van der Waals surface area contributed by atoms with Crippen LogP contribution in [-0.2, 0) is 12.4 Å². The molecule has 2 aromatic carbocycles. The predicted octanol–water partition coefficient (Wildman–Crippen LogP) is 5.89. The Morgan fingerprint density at radius 1 is 0.545 bits per heavy atom. The van der Waals surface area contributed by atoms with Gasteiger partial charge < -0.3 is 0 Å². The van der Waals surface area contributed by atoms with Crippen LogP contribution in [0.3, 0.4) is 0 Å². The molecule has 0 bridgehead atoms. The van der Waals surface area contributed by atoms with Crippen LogP contribution in [-0.4, -0.2) is 0 Å². The smallest absolute Gasteiger partial charge is 0.166 e. The van der Waals surface area contributed by atoms with Crippen LogP contribution in [0, 0.1) is 0 Å². The van der Waals surface area contributed by atoms with E-state index in [0.29, 0.717) is 0 Å². The molecule has 0 fully saturated rings. The Morgan fingerprint density at radius 3 is 1.18 bits per heavy atom. The molecule has 2 aromatic rings. The number of alkyl halides is 6. The quantitative estimate of drug-likeness (QED) is 0.478. The van der Waals surface area contributed by atoms with E-state index in [4.69, 9.17) is 0 Å². The zero-order chi connectivity index (χ0) is 16.4. The first-order valence-electron chi connectivity index (χ1n) is 6.20. The molecule has 0 unspecified atom stereocenters. The number of benzene rings is 2.